The van der Waals surface area contributed by atoms with Gasteiger partial charge in [0.15, 0.2) is 0 Å². The van der Waals surface area contributed by atoms with Crippen LogP contribution in [0.15, 0.2) is 0 Å². The number of carbonyl (C=O) groups is 1. The van der Waals surface area contributed by atoms with Gasteiger partial charge in [-0.3, -0.25) is 4.79 Å². The van der Waals surface area contributed by atoms with E-state index in [1.54, 1.807) is 0 Å². The molecule has 1 rings (SSSR count). The molecule has 0 bridgehead atoms. The first kappa shape index (κ1) is 13.2. The quantitative estimate of drug-likeness (QED) is 0.782. The van der Waals surface area contributed by atoms with Gasteiger partial charge in [-0.1, -0.05) is 0 Å². The summed E-state index contributed by atoms with van der Waals surface area (Å²) in [6.07, 6.45) is 0.400. The minimum atomic E-state index is -0.404. The van der Waals surface area contributed by atoms with Gasteiger partial charge in [-0.2, -0.15) is 23.5 Å². The largest absolute Gasteiger partial charge is 0.355 e. The van der Waals surface area contributed by atoms with Crippen molar-refractivity contribution in [3.05, 3.63) is 0 Å². The highest BCUT2D eigenvalue weighted by Gasteiger charge is 2.18. The van der Waals surface area contributed by atoms with Crippen molar-refractivity contribution < 1.29 is 4.79 Å². The van der Waals surface area contributed by atoms with Crippen LogP contribution in [0.25, 0.3) is 0 Å². The summed E-state index contributed by atoms with van der Waals surface area (Å²) in [5, 5.41) is 3.53. The summed E-state index contributed by atoms with van der Waals surface area (Å²) >= 11 is 3.93. The summed E-state index contributed by atoms with van der Waals surface area (Å²) in [5.74, 6) is 3.66. The van der Waals surface area contributed by atoms with Gasteiger partial charge in [0.2, 0.25) is 5.91 Å². The molecule has 1 fully saturated rings. The van der Waals surface area contributed by atoms with Crippen LogP contribution in [0.1, 0.15) is 20.3 Å². The van der Waals surface area contributed by atoms with E-state index in [1.165, 1.54) is 11.5 Å². The van der Waals surface area contributed by atoms with Crippen molar-refractivity contribution in [2.75, 3.05) is 23.8 Å². The van der Waals surface area contributed by atoms with Crippen LogP contribution >= 0.6 is 23.5 Å². The molecular formula is C10H20N2OS2. The van der Waals surface area contributed by atoms with E-state index >= 15 is 0 Å². The lowest BCUT2D eigenvalue weighted by atomic mass is 10.0. The Bertz CT molecular complexity index is 210. The summed E-state index contributed by atoms with van der Waals surface area (Å²) in [5.41, 5.74) is 5.37. The van der Waals surface area contributed by atoms with Gasteiger partial charge < -0.3 is 11.1 Å². The molecular weight excluding hydrogens is 228 g/mol. The Hall–Kier alpha value is 0.130. The van der Waals surface area contributed by atoms with Gasteiger partial charge >= 0.3 is 0 Å². The van der Waals surface area contributed by atoms with E-state index in [9.17, 15) is 4.79 Å². The molecule has 1 atom stereocenters. The van der Waals surface area contributed by atoms with E-state index < -0.39 is 5.54 Å². The lowest BCUT2D eigenvalue weighted by Gasteiger charge is -2.22. The smallest absolute Gasteiger partial charge is 0.221 e. The normalized spacial score (nSPS) is 22.5. The average Bonchev–Trinajstić information content (AvgIpc) is 2.14. The first-order valence-electron chi connectivity index (χ1n) is 5.22. The van der Waals surface area contributed by atoms with Crippen LogP contribution in [0.2, 0.25) is 0 Å². The number of rotatable bonds is 4. The third-order valence-corrected chi connectivity index (χ3v) is 4.87. The summed E-state index contributed by atoms with van der Waals surface area (Å²) in [7, 11) is 0. The molecule has 1 heterocycles. The topological polar surface area (TPSA) is 55.1 Å². The van der Waals surface area contributed by atoms with E-state index in [0.29, 0.717) is 11.7 Å². The second kappa shape index (κ2) is 6.01. The molecule has 5 heteroatoms. The minimum Gasteiger partial charge on any atom is -0.355 e. The summed E-state index contributed by atoms with van der Waals surface area (Å²) in [4.78, 5) is 11.5. The highest BCUT2D eigenvalue weighted by atomic mass is 32.2. The molecule has 0 spiro atoms. The first-order chi connectivity index (χ1) is 6.97. The maximum Gasteiger partial charge on any atom is 0.221 e. The van der Waals surface area contributed by atoms with Crippen molar-refractivity contribution >= 4 is 29.4 Å². The number of nitrogens with two attached hydrogens (primary N) is 1. The van der Waals surface area contributed by atoms with E-state index in [-0.39, 0.29) is 5.91 Å². The Balaban J connectivity index is 2.15. The van der Waals surface area contributed by atoms with E-state index in [1.807, 2.05) is 37.4 Å². The van der Waals surface area contributed by atoms with Gasteiger partial charge in [-0.25, -0.2) is 0 Å². The fourth-order valence-corrected chi connectivity index (χ4v) is 3.97. The van der Waals surface area contributed by atoms with Crippen molar-refractivity contribution in [2.24, 2.45) is 5.73 Å². The third kappa shape index (κ3) is 6.33. The van der Waals surface area contributed by atoms with Gasteiger partial charge in [0.1, 0.15) is 0 Å². The van der Waals surface area contributed by atoms with Crippen LogP contribution in [0, 0.1) is 0 Å². The molecule has 1 aliphatic heterocycles. The van der Waals surface area contributed by atoms with Gasteiger partial charge in [0, 0.05) is 41.0 Å². The second-order valence-electron chi connectivity index (χ2n) is 4.54. The molecule has 3 nitrogen and oxygen atoms in total. The molecule has 0 radical (unpaired) electrons. The number of carbonyl (C=O) groups excluding carboxylic acids is 1. The third-order valence-electron chi connectivity index (χ3n) is 2.03. The highest BCUT2D eigenvalue weighted by molar-refractivity contribution is 8.06. The van der Waals surface area contributed by atoms with Crippen LogP contribution in [-0.2, 0) is 4.79 Å². The lowest BCUT2D eigenvalue weighted by Crippen LogP contribution is -2.41. The number of nitrogens with one attached hydrogen (secondary N) is 1. The molecule has 1 aliphatic rings. The van der Waals surface area contributed by atoms with Gasteiger partial charge in [-0.15, -0.1) is 0 Å². The molecule has 0 aliphatic carbocycles. The molecule has 0 aromatic carbocycles. The molecule has 0 saturated carbocycles. The zero-order valence-electron chi connectivity index (χ0n) is 9.41. The van der Waals surface area contributed by atoms with E-state index in [0.717, 1.165) is 12.3 Å². The van der Waals surface area contributed by atoms with Gasteiger partial charge in [0.05, 0.1) is 0 Å². The highest BCUT2D eigenvalue weighted by Crippen LogP contribution is 2.23. The van der Waals surface area contributed by atoms with E-state index in [4.69, 9.17) is 5.73 Å². The van der Waals surface area contributed by atoms with Crippen molar-refractivity contribution in [3.63, 3.8) is 0 Å². The number of hydrogen-bond donors (Lipinski definition) is 2. The molecule has 3 N–H and O–H groups in total. The molecule has 0 aromatic heterocycles. The Labute approximate surface area is 100 Å². The van der Waals surface area contributed by atoms with Crippen LogP contribution in [-0.4, -0.2) is 40.5 Å². The average molecular weight is 248 g/mol. The zero-order valence-corrected chi connectivity index (χ0v) is 11.0. The molecule has 1 unspecified atom stereocenters. The fraction of sp³-hybridized carbons (Fsp3) is 0.900. The maximum absolute atomic E-state index is 11.5. The lowest BCUT2D eigenvalue weighted by molar-refractivity contribution is -0.121. The summed E-state index contributed by atoms with van der Waals surface area (Å²) < 4.78 is 0. The van der Waals surface area contributed by atoms with Crippen LogP contribution in [0.5, 0.6) is 0 Å². The number of hydrogen-bond acceptors (Lipinski definition) is 4. The zero-order chi connectivity index (χ0) is 11.3. The first-order valence-corrected chi connectivity index (χ1v) is 7.43. The molecule has 1 saturated heterocycles. The van der Waals surface area contributed by atoms with Crippen molar-refractivity contribution in [2.45, 2.75) is 31.1 Å². The maximum atomic E-state index is 11.5. The standard InChI is InChI=1S/C10H20N2OS2/c1-10(2,11)5-9(13)12-6-8-7-14-3-4-15-8/h8H,3-7,11H2,1-2H3,(H,12,13). The van der Waals surface area contributed by atoms with Crippen molar-refractivity contribution in [1.29, 1.82) is 0 Å². The van der Waals surface area contributed by atoms with Crippen LogP contribution in [0.4, 0.5) is 0 Å². The predicted octanol–water partition coefficient (Wildman–Crippen LogP) is 1.08. The Morgan fingerprint density at radius 1 is 1.53 bits per heavy atom. The van der Waals surface area contributed by atoms with Crippen molar-refractivity contribution in [1.82, 2.24) is 5.32 Å². The SMILES string of the molecule is CC(C)(N)CC(=O)NCC1CSCCS1. The van der Waals surface area contributed by atoms with Crippen molar-refractivity contribution in [3.8, 4) is 0 Å². The summed E-state index contributed by atoms with van der Waals surface area (Å²) in [6, 6.07) is 0. The monoisotopic (exact) mass is 248 g/mol. The second-order valence-corrected chi connectivity index (χ2v) is 7.10. The molecule has 1 amide bonds. The predicted molar refractivity (Wildman–Crippen MR) is 69.5 cm³/mol. The molecule has 15 heavy (non-hydrogen) atoms. The van der Waals surface area contributed by atoms with Crippen LogP contribution < -0.4 is 11.1 Å². The summed E-state index contributed by atoms with van der Waals surface area (Å²) in [6.45, 7) is 4.53. The number of thioether (sulfide) groups is 2. The Kier molecular flexibility index (Phi) is 5.29. The van der Waals surface area contributed by atoms with Gasteiger partial charge in [0.25, 0.3) is 0 Å². The van der Waals surface area contributed by atoms with Crippen LogP contribution in [0.3, 0.4) is 0 Å². The Morgan fingerprint density at radius 3 is 2.80 bits per heavy atom. The molecule has 88 valence electrons. The Morgan fingerprint density at radius 2 is 2.27 bits per heavy atom. The fourth-order valence-electron chi connectivity index (χ4n) is 1.36. The molecule has 0 aromatic rings. The number of amides is 1. The minimum absolute atomic E-state index is 0.0682. The van der Waals surface area contributed by atoms with Gasteiger partial charge in [-0.05, 0) is 13.8 Å². The van der Waals surface area contributed by atoms with E-state index in [2.05, 4.69) is 5.32 Å².